The Balaban J connectivity index is 4.75. The number of halogens is 4. The summed E-state index contributed by atoms with van der Waals surface area (Å²) in [5.74, 6) is 0. The van der Waals surface area contributed by atoms with Crippen molar-refractivity contribution in [3.05, 3.63) is 0 Å². The molecule has 0 bridgehead atoms. The van der Waals surface area contributed by atoms with Crippen molar-refractivity contribution in [3.63, 3.8) is 0 Å². The molecule has 11 heavy (non-hydrogen) atoms. The van der Waals surface area contributed by atoms with Crippen LogP contribution in [0.15, 0.2) is 0 Å². The van der Waals surface area contributed by atoms with Gasteiger partial charge < -0.3 is 0 Å². The Kier molecular flexibility index (Phi) is 4.05. The van der Waals surface area contributed by atoms with E-state index >= 15 is 0 Å². The first-order valence-electron chi connectivity index (χ1n) is 2.49. The van der Waals surface area contributed by atoms with Gasteiger partial charge in [-0.25, -0.2) is 0 Å². The quantitative estimate of drug-likeness (QED) is 0.499. The normalized spacial score (nSPS) is 24.1. The van der Waals surface area contributed by atoms with Gasteiger partial charge in [0.15, 0.2) is 0 Å². The molecule has 2 nitrogen and oxygen atoms in total. The van der Waals surface area contributed by atoms with Gasteiger partial charge in [0.05, 0.1) is 0 Å². The number of nitrogens with two attached hydrogens (primary N) is 2. The molecule has 0 radical (unpaired) electrons. The average molecular weight is 420 g/mol. The van der Waals surface area contributed by atoms with Crippen LogP contribution in [0.5, 0.6) is 0 Å². The molecule has 0 spiro atoms. The molecule has 2 atom stereocenters. The third-order valence-corrected chi connectivity index (χ3v) is 4.00. The molecule has 7 heteroatoms. The van der Waals surface area contributed by atoms with Gasteiger partial charge in [0, 0.05) is 0 Å². The molecular formula is C4H7Cl4N2Pt. The van der Waals surface area contributed by atoms with Crippen LogP contribution in [0.2, 0.25) is 0 Å². The Labute approximate surface area is 96.8 Å². The van der Waals surface area contributed by atoms with Crippen LogP contribution in [0, 0.1) is 0 Å². The number of hydrogen-bond acceptors (Lipinski definition) is 2. The fraction of sp³-hybridized carbons (Fsp3) is 1.00. The molecule has 0 aliphatic carbocycles. The predicted molar refractivity (Wildman–Crippen MR) is 45.7 cm³/mol. The van der Waals surface area contributed by atoms with Crippen LogP contribution in [0.3, 0.4) is 0 Å². The molecule has 71 valence electrons. The fourth-order valence-corrected chi connectivity index (χ4v) is 1.83. The summed E-state index contributed by atoms with van der Waals surface area (Å²) in [6.45, 7) is 1.47. The van der Waals surface area contributed by atoms with Crippen molar-refractivity contribution in [2.75, 3.05) is 0 Å². The Morgan fingerprint density at radius 3 is 1.36 bits per heavy atom. The summed E-state index contributed by atoms with van der Waals surface area (Å²) in [6.07, 6.45) is 0. The van der Waals surface area contributed by atoms with Crippen molar-refractivity contribution in [1.82, 2.24) is 0 Å². The second-order valence-electron chi connectivity index (χ2n) is 2.28. The van der Waals surface area contributed by atoms with Crippen LogP contribution in [-0.4, -0.2) is 12.7 Å². The van der Waals surface area contributed by atoms with Crippen LogP contribution in [-0.2, 0) is 19.8 Å². The molecule has 0 heterocycles. The molecule has 0 saturated heterocycles. The molecule has 2 unspecified atom stereocenters. The summed E-state index contributed by atoms with van der Waals surface area (Å²) >= 11 is 24.0. The minimum absolute atomic E-state index is 1.29. The Morgan fingerprint density at radius 1 is 1.09 bits per heavy atom. The summed E-state index contributed by atoms with van der Waals surface area (Å²) in [6, 6.07) is 0. The first kappa shape index (κ1) is 12.8. The van der Waals surface area contributed by atoms with E-state index < -0.39 is 12.7 Å². The zero-order chi connectivity index (χ0) is 9.50. The van der Waals surface area contributed by atoms with Gasteiger partial charge >= 0.3 is 97.3 Å². The summed E-state index contributed by atoms with van der Waals surface area (Å²) < 4.78 is -2.98. The molecule has 0 aromatic rings. The first-order valence-corrected chi connectivity index (χ1v) is 5.14. The monoisotopic (exact) mass is 418 g/mol. The summed E-state index contributed by atoms with van der Waals surface area (Å²) in [7, 11) is 0. The van der Waals surface area contributed by atoms with Crippen molar-refractivity contribution < 1.29 is 19.8 Å². The number of alkyl halides is 4. The van der Waals surface area contributed by atoms with Crippen molar-refractivity contribution in [2.45, 2.75) is 19.6 Å². The Bertz CT molecular complexity index is 131. The van der Waals surface area contributed by atoms with Gasteiger partial charge in [0.1, 0.15) is 0 Å². The van der Waals surface area contributed by atoms with Crippen LogP contribution in [0.25, 0.3) is 0 Å². The van der Waals surface area contributed by atoms with Gasteiger partial charge in [-0.3, -0.25) is 0 Å². The van der Waals surface area contributed by atoms with Crippen molar-refractivity contribution >= 4 is 46.4 Å². The average Bonchev–Trinajstić information content (AvgIpc) is 1.58. The van der Waals surface area contributed by atoms with Crippen molar-refractivity contribution in [1.29, 1.82) is 0 Å². The molecule has 0 aliphatic rings. The molecule has 0 aliphatic heterocycles. The van der Waals surface area contributed by atoms with Crippen LogP contribution >= 0.6 is 46.4 Å². The predicted octanol–water partition coefficient (Wildman–Crippen LogP) is 1.47. The van der Waals surface area contributed by atoms with Crippen molar-refractivity contribution in [2.24, 2.45) is 11.5 Å². The number of hydrogen-bond donors (Lipinski definition) is 2. The summed E-state index contributed by atoms with van der Waals surface area (Å²) in [5, 5.41) is 0. The maximum atomic E-state index is 5.70. The van der Waals surface area contributed by atoms with Crippen LogP contribution < -0.4 is 11.5 Å². The van der Waals surface area contributed by atoms with Crippen molar-refractivity contribution in [3.8, 4) is 0 Å². The van der Waals surface area contributed by atoms with E-state index in [1.165, 1.54) is 6.92 Å². The third kappa shape index (κ3) is 2.87. The van der Waals surface area contributed by atoms with Gasteiger partial charge in [-0.1, -0.05) is 0 Å². The SMILES string of the molecule is CC(N)(C(Cl)(Cl)Cl)[C](N)(Cl)[Pt]. The Morgan fingerprint density at radius 2 is 1.36 bits per heavy atom. The zero-order valence-corrected chi connectivity index (χ0v) is 10.8. The fourth-order valence-electron chi connectivity index (χ4n) is 0.180. The second-order valence-corrected chi connectivity index (χ2v) is 7.60. The van der Waals surface area contributed by atoms with E-state index in [0.717, 1.165) is 0 Å². The third-order valence-electron chi connectivity index (χ3n) is 1.25. The molecule has 0 aromatic carbocycles. The van der Waals surface area contributed by atoms with Gasteiger partial charge in [-0.05, 0) is 0 Å². The van der Waals surface area contributed by atoms with Crippen LogP contribution in [0.4, 0.5) is 0 Å². The molecule has 0 rings (SSSR count). The molecule has 4 N–H and O–H groups in total. The van der Waals surface area contributed by atoms with Gasteiger partial charge in [-0.2, -0.15) is 0 Å². The standard InChI is InChI=1S/C4H7Cl4N2.Pt/c1-3(10,2(5)9)4(6,7)8;/h9-10H2,1H3;. The number of rotatable bonds is 1. The van der Waals surface area contributed by atoms with E-state index in [9.17, 15) is 0 Å². The minimum atomic E-state index is -1.69. The molecule has 0 saturated carbocycles. The maximum absolute atomic E-state index is 5.70. The Hall–Kier alpha value is 1.77. The van der Waals surface area contributed by atoms with Gasteiger partial charge in [0.25, 0.3) is 0 Å². The van der Waals surface area contributed by atoms with Crippen LogP contribution in [0.1, 0.15) is 6.92 Å². The molecule has 0 amide bonds. The summed E-state index contributed by atoms with van der Waals surface area (Å²) in [5.41, 5.74) is 9.79. The van der Waals surface area contributed by atoms with Gasteiger partial charge in [0.2, 0.25) is 0 Å². The van der Waals surface area contributed by atoms with E-state index in [2.05, 4.69) is 0 Å². The van der Waals surface area contributed by atoms with E-state index in [4.69, 9.17) is 57.9 Å². The second kappa shape index (κ2) is 3.49. The zero-order valence-electron chi connectivity index (χ0n) is 5.48. The van der Waals surface area contributed by atoms with E-state index in [-0.39, 0.29) is 0 Å². The van der Waals surface area contributed by atoms with Gasteiger partial charge in [-0.15, -0.1) is 0 Å². The molecule has 0 fully saturated rings. The summed E-state index contributed by atoms with van der Waals surface area (Å²) in [4.78, 5) is 0. The topological polar surface area (TPSA) is 52.0 Å². The molecule has 0 aromatic heterocycles. The van der Waals surface area contributed by atoms with E-state index in [1.54, 1.807) is 19.8 Å². The van der Waals surface area contributed by atoms with E-state index in [1.807, 2.05) is 0 Å². The first-order chi connectivity index (χ1) is 4.50. The molecular weight excluding hydrogens is 413 g/mol. The van der Waals surface area contributed by atoms with E-state index in [0.29, 0.717) is 0 Å².